The second-order valence-electron chi connectivity index (χ2n) is 6.86. The SMILES string of the molecule is Cc1cccc(N(C)C(=O)Cn2ncc3c([nH]c4ccc(C)cc43)c2=O)c1. The first-order valence-electron chi connectivity index (χ1n) is 8.75. The van der Waals surface area contributed by atoms with Gasteiger partial charge in [-0.05, 0) is 43.7 Å². The van der Waals surface area contributed by atoms with E-state index >= 15 is 0 Å². The third-order valence-electron chi connectivity index (χ3n) is 4.82. The van der Waals surface area contributed by atoms with E-state index in [0.717, 1.165) is 33.1 Å². The van der Waals surface area contributed by atoms with Gasteiger partial charge in [0.05, 0.1) is 6.20 Å². The van der Waals surface area contributed by atoms with Crippen molar-refractivity contribution in [3.63, 3.8) is 0 Å². The van der Waals surface area contributed by atoms with Gasteiger partial charge in [-0.25, -0.2) is 4.68 Å². The Morgan fingerprint density at radius 3 is 2.67 bits per heavy atom. The van der Waals surface area contributed by atoms with Gasteiger partial charge in [0.25, 0.3) is 5.56 Å². The van der Waals surface area contributed by atoms with Crippen LogP contribution >= 0.6 is 0 Å². The van der Waals surface area contributed by atoms with Gasteiger partial charge in [-0.1, -0.05) is 23.8 Å². The molecule has 0 radical (unpaired) electrons. The maximum Gasteiger partial charge on any atom is 0.291 e. The minimum atomic E-state index is -0.299. The Kier molecular flexibility index (Phi) is 4.03. The van der Waals surface area contributed by atoms with Gasteiger partial charge in [0.2, 0.25) is 5.91 Å². The third-order valence-corrected chi connectivity index (χ3v) is 4.82. The van der Waals surface area contributed by atoms with Crippen LogP contribution in [0.15, 0.2) is 53.5 Å². The molecule has 1 N–H and O–H groups in total. The van der Waals surface area contributed by atoms with E-state index in [9.17, 15) is 9.59 Å². The van der Waals surface area contributed by atoms with Crippen LogP contribution in [0.3, 0.4) is 0 Å². The van der Waals surface area contributed by atoms with E-state index in [1.165, 1.54) is 4.68 Å². The van der Waals surface area contributed by atoms with Crippen LogP contribution in [0.4, 0.5) is 5.69 Å². The van der Waals surface area contributed by atoms with Crippen molar-refractivity contribution < 1.29 is 4.79 Å². The van der Waals surface area contributed by atoms with E-state index in [1.54, 1.807) is 18.1 Å². The molecule has 0 unspecified atom stereocenters. The van der Waals surface area contributed by atoms with Gasteiger partial charge < -0.3 is 9.88 Å². The number of H-pyrrole nitrogens is 1. The number of aromatic nitrogens is 3. The van der Waals surface area contributed by atoms with E-state index in [4.69, 9.17) is 0 Å². The quantitative estimate of drug-likeness (QED) is 0.610. The molecule has 2 aromatic carbocycles. The molecule has 0 aliphatic rings. The number of carbonyl (C=O) groups is 1. The number of anilines is 1. The van der Waals surface area contributed by atoms with E-state index in [0.29, 0.717) is 5.52 Å². The zero-order valence-corrected chi connectivity index (χ0v) is 15.5. The minimum Gasteiger partial charge on any atom is -0.350 e. The molecule has 4 rings (SSSR count). The molecular formula is C21H20N4O2. The molecule has 0 aliphatic heterocycles. The number of rotatable bonds is 3. The molecule has 0 spiro atoms. The summed E-state index contributed by atoms with van der Waals surface area (Å²) in [6.45, 7) is 3.86. The molecule has 0 aliphatic carbocycles. The maximum atomic E-state index is 12.8. The first-order valence-corrected chi connectivity index (χ1v) is 8.75. The number of nitrogens with one attached hydrogen (secondary N) is 1. The molecule has 1 amide bonds. The molecule has 2 aromatic heterocycles. The first-order chi connectivity index (χ1) is 12.9. The fourth-order valence-electron chi connectivity index (χ4n) is 3.27. The lowest BCUT2D eigenvalue weighted by Gasteiger charge is -2.18. The number of hydrogen-bond acceptors (Lipinski definition) is 3. The summed E-state index contributed by atoms with van der Waals surface area (Å²) in [7, 11) is 1.70. The molecule has 6 nitrogen and oxygen atoms in total. The summed E-state index contributed by atoms with van der Waals surface area (Å²) in [6, 6.07) is 13.6. The summed E-state index contributed by atoms with van der Waals surface area (Å²) in [4.78, 5) is 30.2. The molecule has 0 saturated carbocycles. The van der Waals surface area contributed by atoms with Crippen molar-refractivity contribution in [3.05, 3.63) is 70.1 Å². The Morgan fingerprint density at radius 2 is 1.89 bits per heavy atom. The van der Waals surface area contributed by atoms with Crippen LogP contribution in [0.5, 0.6) is 0 Å². The van der Waals surface area contributed by atoms with Gasteiger partial charge in [0.15, 0.2) is 0 Å². The Hall–Kier alpha value is -3.41. The summed E-state index contributed by atoms with van der Waals surface area (Å²) >= 11 is 0. The molecule has 6 heteroatoms. The van der Waals surface area contributed by atoms with Gasteiger partial charge in [0.1, 0.15) is 12.1 Å². The molecule has 4 aromatic rings. The van der Waals surface area contributed by atoms with E-state index in [2.05, 4.69) is 10.1 Å². The minimum absolute atomic E-state index is 0.117. The summed E-state index contributed by atoms with van der Waals surface area (Å²) in [6.07, 6.45) is 1.65. The summed E-state index contributed by atoms with van der Waals surface area (Å²) < 4.78 is 1.21. The van der Waals surface area contributed by atoms with Crippen LogP contribution in [0.1, 0.15) is 11.1 Å². The van der Waals surface area contributed by atoms with Crippen molar-refractivity contribution in [3.8, 4) is 0 Å². The van der Waals surface area contributed by atoms with Crippen molar-refractivity contribution in [1.82, 2.24) is 14.8 Å². The van der Waals surface area contributed by atoms with Crippen LogP contribution < -0.4 is 10.5 Å². The standard InChI is InChI=1S/C21H20N4O2/c1-13-5-4-6-15(9-13)24(3)19(26)12-25-21(27)20-17(11-22-25)16-10-14(2)7-8-18(16)23-20/h4-11,23H,12H2,1-3H3. The summed E-state index contributed by atoms with van der Waals surface area (Å²) in [5.41, 5.74) is 4.02. The number of aromatic amines is 1. The number of amides is 1. The lowest BCUT2D eigenvalue weighted by Crippen LogP contribution is -2.35. The fourth-order valence-corrected chi connectivity index (χ4v) is 3.27. The van der Waals surface area contributed by atoms with Gasteiger partial charge in [0, 0.05) is 29.0 Å². The van der Waals surface area contributed by atoms with Gasteiger partial charge in [-0.3, -0.25) is 9.59 Å². The highest BCUT2D eigenvalue weighted by molar-refractivity contribution is 6.06. The summed E-state index contributed by atoms with van der Waals surface area (Å²) in [5.74, 6) is -0.207. The smallest absolute Gasteiger partial charge is 0.291 e. The van der Waals surface area contributed by atoms with Gasteiger partial charge in [-0.2, -0.15) is 5.10 Å². The first kappa shape index (κ1) is 17.0. The van der Waals surface area contributed by atoms with Crippen molar-refractivity contribution in [1.29, 1.82) is 0 Å². The Bertz CT molecular complexity index is 1240. The average molecular weight is 360 g/mol. The number of aryl methyl sites for hydroxylation is 2. The third kappa shape index (κ3) is 2.99. The number of fused-ring (bicyclic) bond motifs is 3. The normalized spacial score (nSPS) is 11.2. The fraction of sp³-hybridized carbons (Fsp3) is 0.190. The maximum absolute atomic E-state index is 12.8. The van der Waals surface area contributed by atoms with Gasteiger partial charge in [-0.15, -0.1) is 0 Å². The highest BCUT2D eigenvalue weighted by Gasteiger charge is 2.16. The van der Waals surface area contributed by atoms with Crippen molar-refractivity contribution in [2.24, 2.45) is 0 Å². The lowest BCUT2D eigenvalue weighted by atomic mass is 10.1. The molecular weight excluding hydrogens is 340 g/mol. The largest absolute Gasteiger partial charge is 0.350 e. The average Bonchev–Trinajstić information content (AvgIpc) is 3.02. The second-order valence-corrected chi connectivity index (χ2v) is 6.86. The molecule has 2 heterocycles. The Labute approximate surface area is 156 Å². The predicted molar refractivity (Wildman–Crippen MR) is 107 cm³/mol. The van der Waals surface area contributed by atoms with Gasteiger partial charge >= 0.3 is 0 Å². The topological polar surface area (TPSA) is 71.0 Å². The highest BCUT2D eigenvalue weighted by Crippen LogP contribution is 2.23. The van der Waals surface area contributed by atoms with Crippen molar-refractivity contribution in [2.45, 2.75) is 20.4 Å². The number of nitrogens with zero attached hydrogens (tertiary/aromatic N) is 3. The predicted octanol–water partition coefficient (Wildman–Crippen LogP) is 3.16. The Morgan fingerprint density at radius 1 is 1.11 bits per heavy atom. The van der Waals surface area contributed by atoms with Crippen LogP contribution in [-0.4, -0.2) is 27.7 Å². The summed E-state index contributed by atoms with van der Waals surface area (Å²) in [5, 5.41) is 5.96. The zero-order chi connectivity index (χ0) is 19.1. The van der Waals surface area contributed by atoms with E-state index < -0.39 is 0 Å². The Balaban J connectivity index is 1.70. The number of benzene rings is 2. The number of likely N-dealkylation sites (N-methyl/N-ethyl adjacent to an activating group) is 1. The van der Waals surface area contributed by atoms with E-state index in [1.807, 2.05) is 56.3 Å². The van der Waals surface area contributed by atoms with Crippen LogP contribution in [0.25, 0.3) is 21.8 Å². The molecule has 136 valence electrons. The molecule has 0 atom stereocenters. The lowest BCUT2D eigenvalue weighted by molar-refractivity contribution is -0.119. The zero-order valence-electron chi connectivity index (χ0n) is 15.5. The van der Waals surface area contributed by atoms with Crippen LogP contribution in [0.2, 0.25) is 0 Å². The van der Waals surface area contributed by atoms with E-state index in [-0.39, 0.29) is 18.0 Å². The molecule has 27 heavy (non-hydrogen) atoms. The second kappa shape index (κ2) is 6.39. The number of hydrogen-bond donors (Lipinski definition) is 1. The highest BCUT2D eigenvalue weighted by atomic mass is 16.2. The van der Waals surface area contributed by atoms with Crippen molar-refractivity contribution >= 4 is 33.4 Å². The molecule has 0 saturated heterocycles. The number of carbonyl (C=O) groups excluding carboxylic acids is 1. The molecule has 0 bridgehead atoms. The van der Waals surface area contributed by atoms with Crippen molar-refractivity contribution in [2.75, 3.05) is 11.9 Å². The monoisotopic (exact) mass is 360 g/mol. The van der Waals surface area contributed by atoms with Crippen LogP contribution in [0, 0.1) is 13.8 Å². The van der Waals surface area contributed by atoms with Crippen LogP contribution in [-0.2, 0) is 11.3 Å². The molecule has 0 fully saturated rings.